The summed E-state index contributed by atoms with van der Waals surface area (Å²) in [6.07, 6.45) is 2.63. The van der Waals surface area contributed by atoms with Crippen molar-refractivity contribution < 1.29 is 9.53 Å². The number of aldehydes is 1. The Morgan fingerprint density at radius 2 is 2.25 bits per heavy atom. The van der Waals surface area contributed by atoms with Crippen LogP contribution in [-0.4, -0.2) is 18.4 Å². The van der Waals surface area contributed by atoms with Gasteiger partial charge in [0.15, 0.2) is 6.29 Å². The second kappa shape index (κ2) is 4.45. The molecule has 2 heterocycles. The summed E-state index contributed by atoms with van der Waals surface area (Å²) >= 11 is 1.59. The first-order valence-electron chi connectivity index (χ1n) is 4.80. The van der Waals surface area contributed by atoms with Crippen molar-refractivity contribution in [1.29, 1.82) is 0 Å². The Kier molecular flexibility index (Phi) is 3.01. The van der Waals surface area contributed by atoms with Gasteiger partial charge in [-0.3, -0.25) is 4.79 Å². The molecule has 0 unspecified atom stereocenters. The molecule has 0 atom stereocenters. The highest BCUT2D eigenvalue weighted by Crippen LogP contribution is 2.30. The molecule has 0 aliphatic carbocycles. The number of hydrogen-bond acceptors (Lipinski definition) is 4. The SMILES string of the molecule is COc1ccc(-c2cc(C=O)c(C)s2)cn1. The van der Waals surface area contributed by atoms with E-state index in [-0.39, 0.29) is 0 Å². The van der Waals surface area contributed by atoms with Crippen LogP contribution in [0.1, 0.15) is 15.2 Å². The lowest BCUT2D eigenvalue weighted by molar-refractivity contribution is 0.112. The quantitative estimate of drug-likeness (QED) is 0.765. The normalized spacial score (nSPS) is 10.1. The number of hydrogen-bond donors (Lipinski definition) is 0. The minimum atomic E-state index is 0.590. The molecule has 0 spiro atoms. The zero-order valence-corrected chi connectivity index (χ0v) is 9.88. The van der Waals surface area contributed by atoms with Crippen LogP contribution >= 0.6 is 11.3 Å². The molecule has 2 aromatic heterocycles. The number of carbonyl (C=O) groups is 1. The lowest BCUT2D eigenvalue weighted by atomic mass is 10.2. The van der Waals surface area contributed by atoms with Gasteiger partial charge in [-0.25, -0.2) is 4.98 Å². The van der Waals surface area contributed by atoms with Crippen LogP contribution < -0.4 is 4.74 Å². The number of thiophene rings is 1. The largest absolute Gasteiger partial charge is 0.481 e. The third-order valence-corrected chi connectivity index (χ3v) is 3.43. The summed E-state index contributed by atoms with van der Waals surface area (Å²) in [6.45, 7) is 1.94. The van der Waals surface area contributed by atoms with E-state index in [1.807, 2.05) is 25.1 Å². The predicted octanol–water partition coefficient (Wildman–Crippen LogP) is 2.94. The maximum atomic E-state index is 10.7. The molecule has 2 rings (SSSR count). The number of rotatable bonds is 3. The molecule has 16 heavy (non-hydrogen) atoms. The molecule has 0 aliphatic heterocycles. The smallest absolute Gasteiger partial charge is 0.212 e. The van der Waals surface area contributed by atoms with E-state index in [2.05, 4.69) is 4.98 Å². The Hall–Kier alpha value is -1.68. The van der Waals surface area contributed by atoms with Gasteiger partial charge < -0.3 is 4.74 Å². The van der Waals surface area contributed by atoms with Gasteiger partial charge in [-0.15, -0.1) is 11.3 Å². The summed E-state index contributed by atoms with van der Waals surface area (Å²) in [5, 5.41) is 0. The van der Waals surface area contributed by atoms with Crippen LogP contribution in [0, 0.1) is 6.92 Å². The highest BCUT2D eigenvalue weighted by Gasteiger charge is 2.06. The van der Waals surface area contributed by atoms with Gasteiger partial charge in [0, 0.05) is 33.1 Å². The number of methoxy groups -OCH3 is 1. The van der Waals surface area contributed by atoms with Crippen molar-refractivity contribution in [3.63, 3.8) is 0 Å². The van der Waals surface area contributed by atoms with Crippen molar-refractivity contribution in [3.8, 4) is 16.3 Å². The minimum Gasteiger partial charge on any atom is -0.481 e. The molecule has 82 valence electrons. The lowest BCUT2D eigenvalue weighted by Crippen LogP contribution is -1.86. The zero-order chi connectivity index (χ0) is 11.5. The van der Waals surface area contributed by atoms with Crippen molar-refractivity contribution in [3.05, 3.63) is 34.8 Å². The third kappa shape index (κ3) is 1.97. The van der Waals surface area contributed by atoms with E-state index in [4.69, 9.17) is 4.74 Å². The van der Waals surface area contributed by atoms with Crippen LogP contribution in [0.4, 0.5) is 0 Å². The summed E-state index contributed by atoms with van der Waals surface area (Å²) < 4.78 is 4.99. The number of nitrogens with zero attached hydrogens (tertiary/aromatic N) is 1. The molecule has 3 nitrogen and oxygen atoms in total. The summed E-state index contributed by atoms with van der Waals surface area (Å²) in [5.41, 5.74) is 1.75. The van der Waals surface area contributed by atoms with E-state index in [1.54, 1.807) is 24.6 Å². The van der Waals surface area contributed by atoms with E-state index in [9.17, 15) is 4.79 Å². The second-order valence-electron chi connectivity index (χ2n) is 3.33. The topological polar surface area (TPSA) is 39.2 Å². The van der Waals surface area contributed by atoms with Crippen molar-refractivity contribution >= 4 is 17.6 Å². The highest BCUT2D eigenvalue weighted by atomic mass is 32.1. The molecule has 2 aromatic rings. The fourth-order valence-electron chi connectivity index (χ4n) is 1.40. The van der Waals surface area contributed by atoms with Gasteiger partial charge in [-0.1, -0.05) is 0 Å². The van der Waals surface area contributed by atoms with Crippen molar-refractivity contribution in [2.45, 2.75) is 6.92 Å². The molecule has 0 aliphatic rings. The molecular weight excluding hydrogens is 222 g/mol. The first kappa shape index (κ1) is 10.8. The number of aromatic nitrogens is 1. The maximum absolute atomic E-state index is 10.7. The van der Waals surface area contributed by atoms with Gasteiger partial charge in [0.05, 0.1) is 7.11 Å². The monoisotopic (exact) mass is 233 g/mol. The van der Waals surface area contributed by atoms with E-state index < -0.39 is 0 Å². The summed E-state index contributed by atoms with van der Waals surface area (Å²) in [7, 11) is 1.59. The van der Waals surface area contributed by atoms with Crippen molar-refractivity contribution in [1.82, 2.24) is 4.98 Å². The van der Waals surface area contributed by atoms with Gasteiger partial charge in [-0.2, -0.15) is 0 Å². The highest BCUT2D eigenvalue weighted by molar-refractivity contribution is 7.15. The average molecular weight is 233 g/mol. The number of ether oxygens (including phenoxy) is 1. The van der Waals surface area contributed by atoms with Gasteiger partial charge in [-0.05, 0) is 19.1 Å². The third-order valence-electron chi connectivity index (χ3n) is 2.31. The van der Waals surface area contributed by atoms with E-state index in [0.717, 1.165) is 27.2 Å². The Bertz CT molecular complexity index is 502. The first-order chi connectivity index (χ1) is 7.74. The Morgan fingerprint density at radius 3 is 2.75 bits per heavy atom. The molecule has 4 heteroatoms. The second-order valence-corrected chi connectivity index (χ2v) is 4.59. The first-order valence-corrected chi connectivity index (χ1v) is 5.62. The van der Waals surface area contributed by atoms with Gasteiger partial charge in [0.1, 0.15) is 0 Å². The predicted molar refractivity (Wildman–Crippen MR) is 64.2 cm³/mol. The zero-order valence-electron chi connectivity index (χ0n) is 9.06. The summed E-state index contributed by atoms with van der Waals surface area (Å²) in [6, 6.07) is 5.63. The van der Waals surface area contributed by atoms with E-state index in [0.29, 0.717) is 5.88 Å². The van der Waals surface area contributed by atoms with Gasteiger partial charge >= 0.3 is 0 Å². The van der Waals surface area contributed by atoms with Crippen LogP contribution in [0.3, 0.4) is 0 Å². The lowest BCUT2D eigenvalue weighted by Gasteiger charge is -1.99. The molecule has 0 radical (unpaired) electrons. The Morgan fingerprint density at radius 1 is 1.44 bits per heavy atom. The van der Waals surface area contributed by atoms with Gasteiger partial charge in [0.2, 0.25) is 5.88 Å². The molecule has 0 saturated heterocycles. The average Bonchev–Trinajstić information content (AvgIpc) is 2.71. The summed E-state index contributed by atoms with van der Waals surface area (Å²) in [5.74, 6) is 0.590. The van der Waals surface area contributed by atoms with Crippen LogP contribution in [0.2, 0.25) is 0 Å². The van der Waals surface area contributed by atoms with E-state index in [1.165, 1.54) is 0 Å². The number of pyridine rings is 1. The number of carbonyl (C=O) groups excluding carboxylic acids is 1. The molecule has 0 amide bonds. The maximum Gasteiger partial charge on any atom is 0.212 e. The number of aryl methyl sites for hydroxylation is 1. The molecular formula is C12H11NO2S. The molecule has 0 bridgehead atoms. The fourth-order valence-corrected chi connectivity index (χ4v) is 2.38. The molecule has 0 saturated carbocycles. The van der Waals surface area contributed by atoms with Crippen molar-refractivity contribution in [2.24, 2.45) is 0 Å². The minimum absolute atomic E-state index is 0.590. The Balaban J connectivity index is 2.38. The molecule has 0 fully saturated rings. The summed E-state index contributed by atoms with van der Waals surface area (Å²) in [4.78, 5) is 17.0. The Labute approximate surface area is 97.7 Å². The molecule has 0 aromatic carbocycles. The fraction of sp³-hybridized carbons (Fsp3) is 0.167. The standard InChI is InChI=1S/C12H11NO2S/c1-8-10(7-14)5-11(16-8)9-3-4-12(15-2)13-6-9/h3-7H,1-2H3. The van der Waals surface area contributed by atoms with E-state index >= 15 is 0 Å². The van der Waals surface area contributed by atoms with Crippen LogP contribution in [0.15, 0.2) is 24.4 Å². The van der Waals surface area contributed by atoms with Crippen LogP contribution in [0.5, 0.6) is 5.88 Å². The molecule has 0 N–H and O–H groups in total. The van der Waals surface area contributed by atoms with Crippen LogP contribution in [0.25, 0.3) is 10.4 Å². The van der Waals surface area contributed by atoms with Gasteiger partial charge in [0.25, 0.3) is 0 Å². The van der Waals surface area contributed by atoms with Crippen LogP contribution in [-0.2, 0) is 0 Å². The van der Waals surface area contributed by atoms with Crippen molar-refractivity contribution in [2.75, 3.05) is 7.11 Å².